The summed E-state index contributed by atoms with van der Waals surface area (Å²) in [5.41, 5.74) is 1.44. The molecule has 2 amide bonds. The monoisotopic (exact) mass is 527 g/mol. The van der Waals surface area contributed by atoms with Crippen LogP contribution in [0.1, 0.15) is 18.1 Å². The third-order valence-electron chi connectivity index (χ3n) is 5.76. The van der Waals surface area contributed by atoms with E-state index in [4.69, 9.17) is 4.74 Å². The quantitative estimate of drug-likeness (QED) is 0.413. The maximum absolute atomic E-state index is 14.3. The summed E-state index contributed by atoms with van der Waals surface area (Å²) in [6, 6.07) is 20.8. The van der Waals surface area contributed by atoms with Crippen molar-refractivity contribution < 1.29 is 27.1 Å². The fourth-order valence-electron chi connectivity index (χ4n) is 3.66. The zero-order valence-electron chi connectivity index (χ0n) is 20.9. The van der Waals surface area contributed by atoms with Crippen LogP contribution in [0.4, 0.5) is 10.1 Å². The number of hydrogen-bond acceptors (Lipinski definition) is 5. The third kappa shape index (κ3) is 7.53. The number of hydrogen-bond donors (Lipinski definition) is 1. The van der Waals surface area contributed by atoms with Gasteiger partial charge in [0.15, 0.2) is 0 Å². The molecule has 1 N–H and O–H groups in total. The molecule has 0 saturated carbocycles. The fourth-order valence-corrected chi connectivity index (χ4v) is 4.51. The molecule has 3 aromatic rings. The SMILES string of the molecule is CNC(=O)[C@@H](C)N(Cc1ccccc1F)C(=O)CN(c1ccc(OCc2ccccc2)cc1)S(C)(=O)=O. The summed E-state index contributed by atoms with van der Waals surface area (Å²) in [4.78, 5) is 26.9. The Hall–Kier alpha value is -3.92. The molecule has 0 bridgehead atoms. The van der Waals surface area contributed by atoms with Gasteiger partial charge in [-0.2, -0.15) is 0 Å². The average molecular weight is 528 g/mol. The molecule has 37 heavy (non-hydrogen) atoms. The molecule has 0 unspecified atom stereocenters. The lowest BCUT2D eigenvalue weighted by Gasteiger charge is -2.31. The minimum absolute atomic E-state index is 0.204. The second-order valence-corrected chi connectivity index (χ2v) is 10.3. The van der Waals surface area contributed by atoms with Crippen molar-refractivity contribution in [1.82, 2.24) is 10.2 Å². The molecule has 0 fully saturated rings. The zero-order chi connectivity index (χ0) is 27.0. The molecule has 0 aromatic heterocycles. The van der Waals surface area contributed by atoms with Gasteiger partial charge in [0.2, 0.25) is 21.8 Å². The van der Waals surface area contributed by atoms with Crippen molar-refractivity contribution in [1.29, 1.82) is 0 Å². The van der Waals surface area contributed by atoms with Crippen LogP contribution in [0, 0.1) is 5.82 Å². The Kier molecular flexibility index (Phi) is 9.24. The normalized spacial score (nSPS) is 11.9. The molecule has 0 heterocycles. The van der Waals surface area contributed by atoms with Gasteiger partial charge in [-0.25, -0.2) is 12.8 Å². The van der Waals surface area contributed by atoms with Gasteiger partial charge in [0, 0.05) is 19.2 Å². The van der Waals surface area contributed by atoms with Crippen molar-refractivity contribution in [2.75, 3.05) is 24.2 Å². The maximum atomic E-state index is 14.3. The molecule has 0 aliphatic carbocycles. The molecule has 0 saturated heterocycles. The van der Waals surface area contributed by atoms with E-state index in [0.717, 1.165) is 21.0 Å². The fraction of sp³-hybridized carbons (Fsp3) is 0.259. The van der Waals surface area contributed by atoms with E-state index in [2.05, 4.69) is 5.32 Å². The molecule has 0 aliphatic heterocycles. The van der Waals surface area contributed by atoms with Gasteiger partial charge in [-0.05, 0) is 42.8 Å². The first kappa shape index (κ1) is 27.7. The van der Waals surface area contributed by atoms with Gasteiger partial charge in [0.1, 0.15) is 30.8 Å². The summed E-state index contributed by atoms with van der Waals surface area (Å²) in [5, 5.41) is 2.47. The van der Waals surface area contributed by atoms with E-state index >= 15 is 0 Å². The van der Waals surface area contributed by atoms with Crippen LogP contribution in [0.5, 0.6) is 5.75 Å². The van der Waals surface area contributed by atoms with E-state index in [0.29, 0.717) is 12.4 Å². The Morgan fingerprint density at radius 1 is 0.973 bits per heavy atom. The molecule has 0 radical (unpaired) electrons. The predicted molar refractivity (Wildman–Crippen MR) is 140 cm³/mol. The lowest BCUT2D eigenvalue weighted by Crippen LogP contribution is -2.50. The van der Waals surface area contributed by atoms with Gasteiger partial charge in [0.25, 0.3) is 0 Å². The van der Waals surface area contributed by atoms with Gasteiger partial charge in [-0.1, -0.05) is 48.5 Å². The number of benzene rings is 3. The van der Waals surface area contributed by atoms with E-state index in [9.17, 15) is 22.4 Å². The summed E-state index contributed by atoms with van der Waals surface area (Å²) in [5.74, 6) is -1.12. The minimum atomic E-state index is -3.88. The number of sulfonamides is 1. The molecule has 3 rings (SSSR count). The molecule has 0 aliphatic rings. The van der Waals surface area contributed by atoms with E-state index in [1.807, 2.05) is 30.3 Å². The summed E-state index contributed by atoms with van der Waals surface area (Å²) in [6.45, 7) is 1.07. The molecular formula is C27H30FN3O5S. The highest BCUT2D eigenvalue weighted by Gasteiger charge is 2.30. The van der Waals surface area contributed by atoms with Crippen LogP contribution in [0.25, 0.3) is 0 Å². The van der Waals surface area contributed by atoms with Crippen LogP contribution in [0.15, 0.2) is 78.9 Å². The lowest BCUT2D eigenvalue weighted by molar-refractivity contribution is -0.139. The Balaban J connectivity index is 1.81. The number of carbonyl (C=O) groups is 2. The number of nitrogens with one attached hydrogen (secondary N) is 1. The van der Waals surface area contributed by atoms with E-state index < -0.39 is 40.2 Å². The van der Waals surface area contributed by atoms with E-state index in [1.54, 1.807) is 18.2 Å². The van der Waals surface area contributed by atoms with Gasteiger partial charge in [-0.3, -0.25) is 13.9 Å². The third-order valence-corrected chi connectivity index (χ3v) is 6.91. The van der Waals surface area contributed by atoms with Crippen LogP contribution in [-0.2, 0) is 32.8 Å². The van der Waals surface area contributed by atoms with Gasteiger partial charge < -0.3 is 15.0 Å². The van der Waals surface area contributed by atoms with Crippen molar-refractivity contribution >= 4 is 27.5 Å². The van der Waals surface area contributed by atoms with Crippen molar-refractivity contribution in [2.24, 2.45) is 0 Å². The second-order valence-electron chi connectivity index (χ2n) is 8.44. The largest absolute Gasteiger partial charge is 0.489 e. The molecule has 10 heteroatoms. The molecule has 1 atom stereocenters. The predicted octanol–water partition coefficient (Wildman–Crippen LogP) is 3.33. The maximum Gasteiger partial charge on any atom is 0.244 e. The van der Waals surface area contributed by atoms with E-state index in [1.165, 1.54) is 44.3 Å². The lowest BCUT2D eigenvalue weighted by atomic mass is 10.1. The first-order valence-corrected chi connectivity index (χ1v) is 13.4. The zero-order valence-corrected chi connectivity index (χ0v) is 21.7. The summed E-state index contributed by atoms with van der Waals surface area (Å²) < 4.78 is 46.3. The standard InChI is InChI=1S/C27H30FN3O5S/c1-20(27(33)29-2)30(17-22-11-7-8-12-25(22)28)26(32)18-31(37(3,34)35)23-13-15-24(16-14-23)36-19-21-9-5-4-6-10-21/h4-16,20H,17-19H2,1-3H3,(H,29,33)/t20-/m1/s1. The van der Waals surface area contributed by atoms with Crippen molar-refractivity contribution in [3.8, 4) is 5.75 Å². The highest BCUT2D eigenvalue weighted by Crippen LogP contribution is 2.23. The van der Waals surface area contributed by atoms with Crippen LogP contribution < -0.4 is 14.4 Å². The van der Waals surface area contributed by atoms with Crippen LogP contribution in [0.2, 0.25) is 0 Å². The number of likely N-dealkylation sites (N-methyl/N-ethyl adjacent to an activating group) is 1. The van der Waals surface area contributed by atoms with Crippen LogP contribution in [0.3, 0.4) is 0 Å². The first-order chi connectivity index (χ1) is 17.6. The average Bonchev–Trinajstić information content (AvgIpc) is 2.89. The van der Waals surface area contributed by atoms with E-state index in [-0.39, 0.29) is 17.8 Å². The topological polar surface area (TPSA) is 96.0 Å². The Labute approximate surface area is 216 Å². The molecule has 8 nitrogen and oxygen atoms in total. The summed E-state index contributed by atoms with van der Waals surface area (Å²) >= 11 is 0. The van der Waals surface area contributed by atoms with Crippen molar-refractivity contribution in [3.05, 3.63) is 95.8 Å². The Morgan fingerprint density at radius 3 is 2.19 bits per heavy atom. The second kappa shape index (κ2) is 12.4. The number of nitrogens with zero attached hydrogens (tertiary/aromatic N) is 2. The molecule has 0 spiro atoms. The van der Waals surface area contributed by atoms with Crippen LogP contribution in [-0.4, -0.2) is 51.0 Å². The number of ether oxygens (including phenoxy) is 1. The number of anilines is 1. The summed E-state index contributed by atoms with van der Waals surface area (Å²) in [6.07, 6.45) is 0.990. The molecular weight excluding hydrogens is 497 g/mol. The summed E-state index contributed by atoms with van der Waals surface area (Å²) in [7, 11) is -2.45. The van der Waals surface area contributed by atoms with Crippen molar-refractivity contribution in [2.45, 2.75) is 26.1 Å². The Bertz CT molecular complexity index is 1320. The van der Waals surface area contributed by atoms with Crippen LogP contribution >= 0.6 is 0 Å². The highest BCUT2D eigenvalue weighted by atomic mass is 32.2. The smallest absolute Gasteiger partial charge is 0.244 e. The van der Waals surface area contributed by atoms with Gasteiger partial charge >= 0.3 is 0 Å². The Morgan fingerprint density at radius 2 is 1.59 bits per heavy atom. The molecule has 196 valence electrons. The first-order valence-electron chi connectivity index (χ1n) is 11.6. The molecule has 3 aromatic carbocycles. The van der Waals surface area contributed by atoms with Gasteiger partial charge in [-0.15, -0.1) is 0 Å². The van der Waals surface area contributed by atoms with Gasteiger partial charge in [0.05, 0.1) is 11.9 Å². The number of amides is 2. The number of rotatable bonds is 11. The minimum Gasteiger partial charge on any atom is -0.489 e. The highest BCUT2D eigenvalue weighted by molar-refractivity contribution is 7.92. The number of carbonyl (C=O) groups excluding carboxylic acids is 2. The number of halogens is 1. The van der Waals surface area contributed by atoms with Crippen molar-refractivity contribution in [3.63, 3.8) is 0 Å².